The first-order valence-electron chi connectivity index (χ1n) is 6.87. The van der Waals surface area contributed by atoms with E-state index in [2.05, 4.69) is 10.3 Å². The van der Waals surface area contributed by atoms with Gasteiger partial charge in [-0.2, -0.15) is 0 Å². The van der Waals surface area contributed by atoms with E-state index in [9.17, 15) is 18.0 Å². The number of aromatic amines is 1. The number of hydrogen-bond acceptors (Lipinski definition) is 5. The molecule has 24 heavy (non-hydrogen) atoms. The van der Waals surface area contributed by atoms with Crippen molar-refractivity contribution in [3.05, 3.63) is 58.6 Å². The molecule has 3 aromatic rings. The number of carbonyl (C=O) groups is 1. The summed E-state index contributed by atoms with van der Waals surface area (Å²) >= 11 is 0. The van der Waals surface area contributed by atoms with E-state index in [1.807, 2.05) is 11.6 Å². The second-order valence-corrected chi connectivity index (χ2v) is 6.75. The number of rotatable bonds is 3. The topological polar surface area (TPSA) is 121 Å². The second-order valence-electron chi connectivity index (χ2n) is 5.07. The third-order valence-electron chi connectivity index (χ3n) is 3.25. The molecule has 0 aliphatic heterocycles. The van der Waals surface area contributed by atoms with Gasteiger partial charge < -0.3 is 9.73 Å². The van der Waals surface area contributed by atoms with Gasteiger partial charge in [0.25, 0.3) is 10.0 Å². The molecule has 0 aliphatic rings. The molecule has 9 heteroatoms. The van der Waals surface area contributed by atoms with Crippen LogP contribution >= 0.6 is 0 Å². The summed E-state index contributed by atoms with van der Waals surface area (Å²) in [7, 11) is -4.01. The van der Waals surface area contributed by atoms with E-state index in [0.29, 0.717) is 5.52 Å². The number of amides is 2. The van der Waals surface area contributed by atoms with E-state index in [1.165, 1.54) is 18.2 Å². The Morgan fingerprint density at radius 1 is 1.12 bits per heavy atom. The van der Waals surface area contributed by atoms with Gasteiger partial charge >= 0.3 is 11.8 Å². The van der Waals surface area contributed by atoms with Gasteiger partial charge in [-0.3, -0.25) is 4.98 Å². The lowest BCUT2D eigenvalue weighted by Crippen LogP contribution is -2.34. The normalized spacial score (nSPS) is 11.4. The van der Waals surface area contributed by atoms with Crippen molar-refractivity contribution >= 4 is 32.8 Å². The van der Waals surface area contributed by atoms with Crippen molar-refractivity contribution in [2.45, 2.75) is 11.8 Å². The summed E-state index contributed by atoms with van der Waals surface area (Å²) in [6.45, 7) is 1.82. The van der Waals surface area contributed by atoms with Crippen molar-refractivity contribution in [2.75, 3.05) is 5.32 Å². The Hall–Kier alpha value is -3.07. The van der Waals surface area contributed by atoms with Crippen molar-refractivity contribution in [3.63, 3.8) is 0 Å². The summed E-state index contributed by atoms with van der Waals surface area (Å²) < 4.78 is 31.1. The Morgan fingerprint density at radius 2 is 1.83 bits per heavy atom. The molecule has 0 spiro atoms. The van der Waals surface area contributed by atoms with Gasteiger partial charge in [0, 0.05) is 0 Å². The number of oxazole rings is 1. The molecule has 0 unspecified atom stereocenters. The molecule has 8 nitrogen and oxygen atoms in total. The fraction of sp³-hybridized carbons (Fsp3) is 0.0667. The Bertz CT molecular complexity index is 1060. The standard InChI is InChI=1S/C15H13N3O5S/c1-9-5-7-10(8-6-9)24(21,22)18-14(19)16-11-3-2-4-12-13(11)23-15(20)17-12/h2-8H,1H3,(H,17,20)(H2,16,18,19). The minimum absolute atomic E-state index is 0.0327. The number of aryl methyl sites for hydroxylation is 1. The summed E-state index contributed by atoms with van der Waals surface area (Å²) in [6, 6.07) is 9.74. The van der Waals surface area contributed by atoms with E-state index in [4.69, 9.17) is 4.42 Å². The van der Waals surface area contributed by atoms with Crippen molar-refractivity contribution in [1.82, 2.24) is 9.71 Å². The van der Waals surface area contributed by atoms with Crippen LogP contribution in [0.25, 0.3) is 11.1 Å². The molecule has 0 bridgehead atoms. The lowest BCUT2D eigenvalue weighted by atomic mass is 10.2. The molecule has 3 rings (SSSR count). The lowest BCUT2D eigenvalue weighted by molar-refractivity contribution is 0.256. The number of anilines is 1. The molecule has 124 valence electrons. The molecular weight excluding hydrogens is 334 g/mol. The molecule has 0 saturated carbocycles. The van der Waals surface area contributed by atoms with E-state index >= 15 is 0 Å². The first kappa shape index (κ1) is 15.8. The monoisotopic (exact) mass is 347 g/mol. The Balaban J connectivity index is 1.82. The highest BCUT2D eigenvalue weighted by atomic mass is 32.2. The summed E-state index contributed by atoms with van der Waals surface area (Å²) in [5, 5.41) is 2.35. The number of para-hydroxylation sites is 1. The first-order chi connectivity index (χ1) is 11.3. The zero-order chi connectivity index (χ0) is 17.3. The molecule has 2 amide bonds. The van der Waals surface area contributed by atoms with Crippen LogP contribution in [0.2, 0.25) is 0 Å². The predicted octanol–water partition coefficient (Wildman–Crippen LogP) is 1.94. The first-order valence-corrected chi connectivity index (χ1v) is 8.36. The number of hydrogen-bond donors (Lipinski definition) is 3. The number of H-pyrrole nitrogens is 1. The van der Waals surface area contributed by atoms with Crippen LogP contribution < -0.4 is 15.8 Å². The van der Waals surface area contributed by atoms with Gasteiger partial charge in [0.05, 0.1) is 16.1 Å². The van der Waals surface area contributed by atoms with Gasteiger partial charge in [0.1, 0.15) is 0 Å². The van der Waals surface area contributed by atoms with Crippen molar-refractivity contribution in [2.24, 2.45) is 0 Å². The molecule has 0 saturated heterocycles. The highest BCUT2D eigenvalue weighted by molar-refractivity contribution is 7.90. The van der Waals surface area contributed by atoms with Crippen LogP contribution in [0.5, 0.6) is 0 Å². The SMILES string of the molecule is Cc1ccc(S(=O)(=O)NC(=O)Nc2cccc3[nH]c(=O)oc23)cc1. The van der Waals surface area contributed by atoms with Crippen LogP contribution in [0.15, 0.2) is 56.6 Å². The molecule has 1 aromatic heterocycles. The average Bonchev–Trinajstić information content (AvgIpc) is 2.88. The van der Waals surface area contributed by atoms with E-state index in [1.54, 1.807) is 24.3 Å². The van der Waals surface area contributed by atoms with Crippen LogP contribution in [0, 0.1) is 6.92 Å². The Morgan fingerprint density at radius 3 is 2.54 bits per heavy atom. The van der Waals surface area contributed by atoms with Crippen LogP contribution in [0.3, 0.4) is 0 Å². The fourth-order valence-electron chi connectivity index (χ4n) is 2.12. The smallest absolute Gasteiger partial charge is 0.406 e. The number of urea groups is 1. The largest absolute Gasteiger partial charge is 0.417 e. The maximum Gasteiger partial charge on any atom is 0.417 e. The fourth-order valence-corrected chi connectivity index (χ4v) is 3.03. The Labute approximate surface area is 136 Å². The highest BCUT2D eigenvalue weighted by Crippen LogP contribution is 2.20. The van der Waals surface area contributed by atoms with Gasteiger partial charge in [-0.15, -0.1) is 0 Å². The van der Waals surface area contributed by atoms with Crippen molar-refractivity contribution in [1.29, 1.82) is 0 Å². The summed E-state index contributed by atoms with van der Waals surface area (Å²) in [4.78, 5) is 25.6. The van der Waals surface area contributed by atoms with Crippen LogP contribution in [-0.4, -0.2) is 19.4 Å². The molecule has 0 fully saturated rings. The number of aromatic nitrogens is 1. The van der Waals surface area contributed by atoms with Gasteiger partial charge in [-0.25, -0.2) is 22.7 Å². The molecule has 0 atom stereocenters. The van der Waals surface area contributed by atoms with E-state index in [-0.39, 0.29) is 16.2 Å². The number of carbonyl (C=O) groups excluding carboxylic acids is 1. The summed E-state index contributed by atoms with van der Waals surface area (Å²) in [5.74, 6) is -0.674. The molecular formula is C15H13N3O5S. The van der Waals surface area contributed by atoms with E-state index in [0.717, 1.165) is 5.56 Å². The van der Waals surface area contributed by atoms with Crippen LogP contribution in [0.1, 0.15) is 5.56 Å². The Kier molecular flexibility index (Phi) is 3.86. The maximum absolute atomic E-state index is 12.2. The van der Waals surface area contributed by atoms with E-state index < -0.39 is 21.8 Å². The zero-order valence-corrected chi connectivity index (χ0v) is 13.3. The molecule has 1 heterocycles. The third kappa shape index (κ3) is 3.15. The van der Waals surface area contributed by atoms with Crippen LogP contribution in [0.4, 0.5) is 10.5 Å². The zero-order valence-electron chi connectivity index (χ0n) is 12.5. The second kappa shape index (κ2) is 5.85. The minimum atomic E-state index is -4.01. The van der Waals surface area contributed by atoms with Crippen molar-refractivity contribution < 1.29 is 17.6 Å². The number of benzene rings is 2. The molecule has 0 aliphatic carbocycles. The lowest BCUT2D eigenvalue weighted by Gasteiger charge is -2.09. The maximum atomic E-state index is 12.2. The predicted molar refractivity (Wildman–Crippen MR) is 87.4 cm³/mol. The molecule has 0 radical (unpaired) electrons. The molecule has 2 aromatic carbocycles. The van der Waals surface area contributed by atoms with Gasteiger partial charge in [-0.05, 0) is 31.2 Å². The summed E-state index contributed by atoms with van der Waals surface area (Å²) in [6.07, 6.45) is 0. The minimum Gasteiger partial charge on any atom is -0.406 e. The van der Waals surface area contributed by atoms with Gasteiger partial charge in [0.2, 0.25) is 0 Å². The average molecular weight is 347 g/mol. The quantitative estimate of drug-likeness (QED) is 0.668. The van der Waals surface area contributed by atoms with Gasteiger partial charge in [-0.1, -0.05) is 23.8 Å². The number of nitrogens with one attached hydrogen (secondary N) is 3. The van der Waals surface area contributed by atoms with Crippen molar-refractivity contribution in [3.8, 4) is 0 Å². The van der Waals surface area contributed by atoms with Crippen LogP contribution in [-0.2, 0) is 10.0 Å². The number of sulfonamides is 1. The third-order valence-corrected chi connectivity index (χ3v) is 4.60. The highest BCUT2D eigenvalue weighted by Gasteiger charge is 2.18. The molecule has 3 N–H and O–H groups in total. The summed E-state index contributed by atoms with van der Waals surface area (Å²) in [5.41, 5.74) is 1.58. The van der Waals surface area contributed by atoms with Gasteiger partial charge in [0.15, 0.2) is 5.58 Å². The number of fused-ring (bicyclic) bond motifs is 1.